The van der Waals surface area contributed by atoms with E-state index in [9.17, 15) is 9.59 Å². The van der Waals surface area contributed by atoms with E-state index < -0.39 is 0 Å². The number of hydrogen-bond donors (Lipinski definition) is 2. The van der Waals surface area contributed by atoms with E-state index in [-0.39, 0.29) is 30.0 Å². The molecule has 2 N–H and O–H groups in total. The molecule has 4 rings (SSSR count). The van der Waals surface area contributed by atoms with Gasteiger partial charge in [0.25, 0.3) is 0 Å². The first-order valence-electron chi connectivity index (χ1n) is 8.12. The van der Waals surface area contributed by atoms with E-state index in [1.807, 2.05) is 37.3 Å². The standard InChI is InChI=1S/C18H16N4O2S2/c1-10-6-12-17(19-9-20-18(12)26-10)25-8-16(24)22-14-7-15(23)21-13-5-3-2-4-11(13)14/h2-6,9,14H,7-8H2,1H3,(H,21,23)(H,22,24)/t14-/m0/s1. The zero-order chi connectivity index (χ0) is 18.1. The topological polar surface area (TPSA) is 84.0 Å². The van der Waals surface area contributed by atoms with Gasteiger partial charge in [0, 0.05) is 16.0 Å². The van der Waals surface area contributed by atoms with Crippen molar-refractivity contribution in [2.24, 2.45) is 0 Å². The maximum absolute atomic E-state index is 12.4. The normalized spacial score (nSPS) is 16.2. The fraction of sp³-hybridized carbons (Fsp3) is 0.222. The van der Waals surface area contributed by atoms with Crippen LogP contribution in [0.15, 0.2) is 41.7 Å². The third-order valence-electron chi connectivity index (χ3n) is 4.09. The quantitative estimate of drug-likeness (QED) is 0.533. The van der Waals surface area contributed by atoms with Gasteiger partial charge in [-0.3, -0.25) is 9.59 Å². The molecule has 132 valence electrons. The molecule has 1 atom stereocenters. The van der Waals surface area contributed by atoms with Crippen molar-refractivity contribution in [3.05, 3.63) is 47.1 Å². The Balaban J connectivity index is 1.45. The predicted molar refractivity (Wildman–Crippen MR) is 103 cm³/mol. The van der Waals surface area contributed by atoms with Gasteiger partial charge in [0.2, 0.25) is 11.8 Å². The number of hydrogen-bond acceptors (Lipinski definition) is 6. The number of thioether (sulfide) groups is 1. The van der Waals surface area contributed by atoms with E-state index in [1.165, 1.54) is 18.1 Å². The van der Waals surface area contributed by atoms with E-state index in [2.05, 4.69) is 20.6 Å². The van der Waals surface area contributed by atoms with Gasteiger partial charge in [0.15, 0.2) is 0 Å². The van der Waals surface area contributed by atoms with Gasteiger partial charge in [-0.25, -0.2) is 9.97 Å². The SMILES string of the molecule is Cc1cc2c(SCC(=O)N[C@H]3CC(=O)Nc4ccccc43)ncnc2s1. The lowest BCUT2D eigenvalue weighted by Crippen LogP contribution is -2.36. The molecule has 3 aromatic rings. The number of nitrogens with one attached hydrogen (secondary N) is 2. The van der Waals surface area contributed by atoms with Crippen LogP contribution in [0, 0.1) is 6.92 Å². The zero-order valence-corrected chi connectivity index (χ0v) is 15.6. The van der Waals surface area contributed by atoms with Crippen molar-refractivity contribution in [1.82, 2.24) is 15.3 Å². The second-order valence-corrected chi connectivity index (χ2v) is 8.20. The third kappa shape index (κ3) is 3.42. The number of carbonyl (C=O) groups is 2. The number of rotatable bonds is 4. The van der Waals surface area contributed by atoms with Crippen molar-refractivity contribution in [3.63, 3.8) is 0 Å². The highest BCUT2D eigenvalue weighted by molar-refractivity contribution is 8.00. The minimum Gasteiger partial charge on any atom is -0.348 e. The van der Waals surface area contributed by atoms with Gasteiger partial charge in [-0.05, 0) is 24.6 Å². The number of nitrogens with zero attached hydrogens (tertiary/aromatic N) is 2. The Bertz CT molecular complexity index is 1000. The average Bonchev–Trinajstić information content (AvgIpc) is 3.00. The summed E-state index contributed by atoms with van der Waals surface area (Å²) in [7, 11) is 0. The fourth-order valence-electron chi connectivity index (χ4n) is 2.98. The van der Waals surface area contributed by atoms with Crippen molar-refractivity contribution in [2.45, 2.75) is 24.4 Å². The molecular weight excluding hydrogens is 368 g/mol. The second kappa shape index (κ2) is 7.05. The molecule has 0 saturated heterocycles. The molecule has 0 unspecified atom stereocenters. The van der Waals surface area contributed by atoms with Crippen LogP contribution < -0.4 is 10.6 Å². The molecule has 0 spiro atoms. The first-order valence-corrected chi connectivity index (χ1v) is 9.92. The maximum Gasteiger partial charge on any atom is 0.230 e. The summed E-state index contributed by atoms with van der Waals surface area (Å²) in [6.07, 6.45) is 1.77. The summed E-state index contributed by atoms with van der Waals surface area (Å²) < 4.78 is 0. The van der Waals surface area contributed by atoms with E-state index in [1.54, 1.807) is 11.3 Å². The molecule has 26 heavy (non-hydrogen) atoms. The molecule has 8 heteroatoms. The Morgan fingerprint density at radius 1 is 1.38 bits per heavy atom. The van der Waals surface area contributed by atoms with Crippen molar-refractivity contribution in [2.75, 3.05) is 11.1 Å². The monoisotopic (exact) mass is 384 g/mol. The van der Waals surface area contributed by atoms with Crippen LogP contribution in [0.1, 0.15) is 22.9 Å². The van der Waals surface area contributed by atoms with Crippen LogP contribution in [0.3, 0.4) is 0 Å². The van der Waals surface area contributed by atoms with E-state index in [4.69, 9.17) is 0 Å². The number of para-hydroxylation sites is 1. The minimum absolute atomic E-state index is 0.0899. The summed E-state index contributed by atoms with van der Waals surface area (Å²) in [6.45, 7) is 2.03. The first kappa shape index (κ1) is 17.0. The highest BCUT2D eigenvalue weighted by Crippen LogP contribution is 2.32. The van der Waals surface area contributed by atoms with Crippen molar-refractivity contribution in [3.8, 4) is 0 Å². The van der Waals surface area contributed by atoms with Crippen molar-refractivity contribution in [1.29, 1.82) is 0 Å². The van der Waals surface area contributed by atoms with Crippen molar-refractivity contribution < 1.29 is 9.59 Å². The summed E-state index contributed by atoms with van der Waals surface area (Å²) in [6, 6.07) is 9.28. The Morgan fingerprint density at radius 3 is 3.12 bits per heavy atom. The molecule has 0 saturated carbocycles. The molecule has 0 aliphatic carbocycles. The Labute approximate surface area is 158 Å². The van der Waals surface area contributed by atoms with E-state index in [0.717, 1.165) is 31.4 Å². The van der Waals surface area contributed by atoms with Crippen LogP contribution in [-0.2, 0) is 9.59 Å². The lowest BCUT2D eigenvalue weighted by atomic mass is 9.97. The lowest BCUT2D eigenvalue weighted by molar-refractivity contribution is -0.120. The molecule has 0 radical (unpaired) electrons. The number of fused-ring (bicyclic) bond motifs is 2. The third-order valence-corrected chi connectivity index (χ3v) is 6.05. The zero-order valence-electron chi connectivity index (χ0n) is 14.0. The number of aromatic nitrogens is 2. The first-order chi connectivity index (χ1) is 12.6. The second-order valence-electron chi connectivity index (χ2n) is 6.00. The molecule has 3 heterocycles. The van der Waals surface area contributed by atoms with E-state index in [0.29, 0.717) is 0 Å². The number of benzene rings is 1. The highest BCUT2D eigenvalue weighted by atomic mass is 32.2. The summed E-state index contributed by atoms with van der Waals surface area (Å²) in [4.78, 5) is 35.0. The number of amides is 2. The van der Waals surface area contributed by atoms with Gasteiger partial charge in [-0.1, -0.05) is 30.0 Å². The molecule has 0 bridgehead atoms. The number of thiophene rings is 1. The number of aryl methyl sites for hydroxylation is 1. The molecule has 2 aromatic heterocycles. The smallest absolute Gasteiger partial charge is 0.230 e. The van der Waals surface area contributed by atoms with Crippen LogP contribution in [-0.4, -0.2) is 27.5 Å². The lowest BCUT2D eigenvalue weighted by Gasteiger charge is -2.26. The summed E-state index contributed by atoms with van der Waals surface area (Å²) in [5, 5.41) is 7.58. The van der Waals surface area contributed by atoms with Gasteiger partial charge >= 0.3 is 0 Å². The van der Waals surface area contributed by atoms with Crippen LogP contribution >= 0.6 is 23.1 Å². The molecule has 1 aliphatic rings. The number of anilines is 1. The Hall–Kier alpha value is -2.45. The average molecular weight is 384 g/mol. The van der Waals surface area contributed by atoms with Crippen LogP contribution in [0.4, 0.5) is 5.69 Å². The van der Waals surface area contributed by atoms with Crippen LogP contribution in [0.5, 0.6) is 0 Å². The minimum atomic E-state index is -0.304. The van der Waals surface area contributed by atoms with Crippen LogP contribution in [0.25, 0.3) is 10.2 Å². The largest absolute Gasteiger partial charge is 0.348 e. The van der Waals surface area contributed by atoms with E-state index >= 15 is 0 Å². The molecule has 0 fully saturated rings. The van der Waals surface area contributed by atoms with Gasteiger partial charge in [-0.15, -0.1) is 11.3 Å². The van der Waals surface area contributed by atoms with Gasteiger partial charge in [0.1, 0.15) is 16.2 Å². The highest BCUT2D eigenvalue weighted by Gasteiger charge is 2.26. The Morgan fingerprint density at radius 2 is 2.23 bits per heavy atom. The summed E-state index contributed by atoms with van der Waals surface area (Å²) in [5.41, 5.74) is 1.69. The molecular formula is C18H16N4O2S2. The van der Waals surface area contributed by atoms with Crippen LogP contribution in [0.2, 0.25) is 0 Å². The molecule has 1 aromatic carbocycles. The van der Waals surface area contributed by atoms with Gasteiger partial charge < -0.3 is 10.6 Å². The van der Waals surface area contributed by atoms with Gasteiger partial charge in [-0.2, -0.15) is 0 Å². The number of carbonyl (C=O) groups excluding carboxylic acids is 2. The molecule has 2 amide bonds. The van der Waals surface area contributed by atoms with Gasteiger partial charge in [0.05, 0.1) is 18.2 Å². The fourth-order valence-corrected chi connectivity index (χ4v) is 4.68. The summed E-state index contributed by atoms with van der Waals surface area (Å²) >= 11 is 3.00. The molecule has 6 nitrogen and oxygen atoms in total. The molecule has 1 aliphatic heterocycles. The predicted octanol–water partition coefficient (Wildman–Crippen LogP) is 3.29. The maximum atomic E-state index is 12.4. The van der Waals surface area contributed by atoms with Crippen molar-refractivity contribution >= 4 is 50.8 Å². The Kier molecular flexibility index (Phi) is 4.60. The summed E-state index contributed by atoms with van der Waals surface area (Å²) in [5.74, 6) is 0.0255.